The fraction of sp³-hybridized carbons (Fsp3) is 0.400. The van der Waals surface area contributed by atoms with E-state index in [1.807, 2.05) is 0 Å². The number of rotatable bonds is 0. The Morgan fingerprint density at radius 3 is 1.33 bits per heavy atom. The normalized spacial score (nSPS) is 33.7. The fourth-order valence-corrected chi connectivity index (χ4v) is 4.24. The third-order valence-electron chi connectivity index (χ3n) is 3.01. The highest BCUT2D eigenvalue weighted by Gasteiger charge is 2.69. The summed E-state index contributed by atoms with van der Waals surface area (Å²) in [4.78, 5) is 0. The van der Waals surface area contributed by atoms with Crippen LogP contribution < -0.4 is 0 Å². The standard InChI is InChI=1S/C10H4Cl6O2/c11-5-3-4(6(12)8(14)7(5)13)10(16)9(3,15)17-1-2-18-10/h1-2H2. The minimum absolute atomic E-state index is 0.120. The van der Waals surface area contributed by atoms with E-state index in [-0.39, 0.29) is 20.1 Å². The van der Waals surface area contributed by atoms with Gasteiger partial charge in [0, 0.05) is 11.1 Å². The van der Waals surface area contributed by atoms with Crippen LogP contribution in [0.2, 0.25) is 20.1 Å². The van der Waals surface area contributed by atoms with Crippen LogP contribution in [0.5, 0.6) is 0 Å². The molecule has 0 bridgehead atoms. The Labute approximate surface area is 133 Å². The van der Waals surface area contributed by atoms with Crippen LogP contribution >= 0.6 is 69.6 Å². The van der Waals surface area contributed by atoms with Crippen molar-refractivity contribution >= 4 is 69.6 Å². The lowest BCUT2D eigenvalue weighted by atomic mass is 9.79. The van der Waals surface area contributed by atoms with Gasteiger partial charge in [-0.05, 0) is 0 Å². The predicted octanol–water partition coefficient (Wildman–Crippen LogP) is 5.14. The molecule has 8 heteroatoms. The first kappa shape index (κ1) is 13.8. The minimum Gasteiger partial charge on any atom is -0.349 e. The second-order valence-electron chi connectivity index (χ2n) is 3.89. The molecule has 1 aliphatic carbocycles. The summed E-state index contributed by atoms with van der Waals surface area (Å²) in [6.07, 6.45) is 0. The van der Waals surface area contributed by atoms with E-state index in [0.717, 1.165) is 0 Å². The van der Waals surface area contributed by atoms with E-state index in [9.17, 15) is 0 Å². The molecular weight excluding hydrogens is 365 g/mol. The molecule has 18 heavy (non-hydrogen) atoms. The van der Waals surface area contributed by atoms with Gasteiger partial charge in [-0.1, -0.05) is 69.6 Å². The molecule has 2 nitrogen and oxygen atoms in total. The zero-order valence-corrected chi connectivity index (χ0v) is 13.0. The number of hydrogen-bond acceptors (Lipinski definition) is 2. The SMILES string of the molecule is Clc1c(Cl)c(Cl)c2c(c1Cl)C1(Cl)OCCOC21Cl. The maximum atomic E-state index is 6.36. The summed E-state index contributed by atoms with van der Waals surface area (Å²) in [6, 6.07) is 0. The zero-order chi connectivity index (χ0) is 13.3. The molecule has 2 atom stereocenters. The lowest BCUT2D eigenvalue weighted by Crippen LogP contribution is -2.58. The van der Waals surface area contributed by atoms with Crippen molar-refractivity contribution in [2.75, 3.05) is 13.2 Å². The highest BCUT2D eigenvalue weighted by molar-refractivity contribution is 6.54. The summed E-state index contributed by atoms with van der Waals surface area (Å²) in [5.41, 5.74) is 0.833. The summed E-state index contributed by atoms with van der Waals surface area (Å²) in [5.74, 6) is 0. The van der Waals surface area contributed by atoms with Gasteiger partial charge in [0.1, 0.15) is 0 Å². The van der Waals surface area contributed by atoms with E-state index in [1.54, 1.807) is 0 Å². The molecule has 0 aromatic heterocycles. The van der Waals surface area contributed by atoms with E-state index < -0.39 is 10.1 Å². The molecule has 1 aromatic rings. The predicted molar refractivity (Wildman–Crippen MR) is 73.4 cm³/mol. The summed E-state index contributed by atoms with van der Waals surface area (Å²) in [7, 11) is 0. The molecule has 1 aromatic carbocycles. The minimum atomic E-state index is -1.39. The van der Waals surface area contributed by atoms with Gasteiger partial charge in [-0.2, -0.15) is 0 Å². The average Bonchev–Trinajstić information content (AvgIpc) is 2.33. The van der Waals surface area contributed by atoms with Crippen molar-refractivity contribution in [3.8, 4) is 0 Å². The Hall–Kier alpha value is 0.880. The molecule has 0 N–H and O–H groups in total. The molecule has 1 fully saturated rings. The van der Waals surface area contributed by atoms with Gasteiger partial charge >= 0.3 is 0 Å². The highest BCUT2D eigenvalue weighted by Crippen LogP contribution is 2.69. The number of benzene rings is 1. The van der Waals surface area contributed by atoms with E-state index in [4.69, 9.17) is 79.1 Å². The third kappa shape index (κ3) is 1.41. The highest BCUT2D eigenvalue weighted by atomic mass is 35.5. The molecule has 1 heterocycles. The molecule has 0 saturated carbocycles. The summed E-state index contributed by atoms with van der Waals surface area (Å²) >= 11 is 36.9. The van der Waals surface area contributed by atoms with Crippen molar-refractivity contribution in [2.24, 2.45) is 0 Å². The second kappa shape index (κ2) is 4.19. The van der Waals surface area contributed by atoms with Crippen LogP contribution in [0.4, 0.5) is 0 Å². The largest absolute Gasteiger partial charge is 0.349 e. The molecule has 0 amide bonds. The topological polar surface area (TPSA) is 18.5 Å². The molecule has 1 aliphatic heterocycles. The van der Waals surface area contributed by atoms with Crippen LogP contribution in [-0.4, -0.2) is 13.2 Å². The fourth-order valence-electron chi connectivity index (χ4n) is 2.19. The Balaban J connectivity index is 2.35. The Morgan fingerprint density at radius 2 is 1.00 bits per heavy atom. The van der Waals surface area contributed by atoms with E-state index in [1.165, 1.54) is 0 Å². The van der Waals surface area contributed by atoms with Crippen molar-refractivity contribution < 1.29 is 9.47 Å². The molecule has 1 saturated heterocycles. The lowest BCUT2D eigenvalue weighted by Gasteiger charge is -2.54. The molecule has 0 spiro atoms. The summed E-state index contributed by atoms with van der Waals surface area (Å²) < 4.78 is 11.0. The van der Waals surface area contributed by atoms with Gasteiger partial charge in [-0.25, -0.2) is 0 Å². The smallest absolute Gasteiger partial charge is 0.217 e. The molecule has 2 unspecified atom stereocenters. The van der Waals surface area contributed by atoms with Gasteiger partial charge in [0.05, 0.1) is 33.3 Å². The van der Waals surface area contributed by atoms with Crippen LogP contribution in [0.25, 0.3) is 0 Å². The number of ether oxygens (including phenoxy) is 2. The van der Waals surface area contributed by atoms with E-state index in [2.05, 4.69) is 0 Å². The molecule has 98 valence electrons. The van der Waals surface area contributed by atoms with E-state index >= 15 is 0 Å². The van der Waals surface area contributed by atoms with Gasteiger partial charge in [0.25, 0.3) is 0 Å². The lowest BCUT2D eigenvalue weighted by molar-refractivity contribution is -0.216. The third-order valence-corrected chi connectivity index (χ3v) is 6.04. The molecule has 3 rings (SSSR count). The Kier molecular flexibility index (Phi) is 3.22. The Morgan fingerprint density at radius 1 is 0.667 bits per heavy atom. The van der Waals surface area contributed by atoms with Crippen LogP contribution in [0.3, 0.4) is 0 Å². The summed E-state index contributed by atoms with van der Waals surface area (Å²) in [6.45, 7) is 0.594. The maximum absolute atomic E-state index is 6.36. The number of fused-ring (bicyclic) bond motifs is 4. The van der Waals surface area contributed by atoms with Crippen molar-refractivity contribution in [3.63, 3.8) is 0 Å². The van der Waals surface area contributed by atoms with Gasteiger partial charge < -0.3 is 9.47 Å². The average molecular weight is 369 g/mol. The first-order chi connectivity index (χ1) is 8.34. The van der Waals surface area contributed by atoms with Gasteiger partial charge in [-0.15, -0.1) is 0 Å². The first-order valence-corrected chi connectivity index (χ1v) is 7.14. The second-order valence-corrected chi connectivity index (χ2v) is 6.47. The number of hydrogen-bond donors (Lipinski definition) is 0. The molecule has 2 aliphatic rings. The van der Waals surface area contributed by atoms with Crippen molar-refractivity contribution in [1.82, 2.24) is 0 Å². The van der Waals surface area contributed by atoms with Gasteiger partial charge in [0.2, 0.25) is 10.1 Å². The maximum Gasteiger partial charge on any atom is 0.217 e. The molecule has 0 radical (unpaired) electrons. The summed E-state index contributed by atoms with van der Waals surface area (Å²) in [5, 5.41) is -2.19. The first-order valence-electron chi connectivity index (χ1n) is 4.87. The van der Waals surface area contributed by atoms with Crippen LogP contribution in [0.15, 0.2) is 0 Å². The van der Waals surface area contributed by atoms with Crippen molar-refractivity contribution in [1.29, 1.82) is 0 Å². The quantitative estimate of drug-likeness (QED) is 0.358. The Bertz CT molecular complexity index is 513. The monoisotopic (exact) mass is 366 g/mol. The van der Waals surface area contributed by atoms with Gasteiger partial charge in [-0.3, -0.25) is 0 Å². The zero-order valence-electron chi connectivity index (χ0n) is 8.50. The van der Waals surface area contributed by atoms with Crippen molar-refractivity contribution in [2.45, 2.75) is 10.1 Å². The number of alkyl halides is 2. The van der Waals surface area contributed by atoms with Gasteiger partial charge in [0.15, 0.2) is 0 Å². The van der Waals surface area contributed by atoms with Crippen LogP contribution in [-0.2, 0) is 19.6 Å². The van der Waals surface area contributed by atoms with Crippen molar-refractivity contribution in [3.05, 3.63) is 31.2 Å². The van der Waals surface area contributed by atoms with E-state index in [0.29, 0.717) is 24.3 Å². The van der Waals surface area contributed by atoms with Crippen LogP contribution in [0.1, 0.15) is 11.1 Å². The number of halogens is 6. The molecular formula is C10H4Cl6O2. The van der Waals surface area contributed by atoms with Crippen LogP contribution in [0, 0.1) is 0 Å².